The summed E-state index contributed by atoms with van der Waals surface area (Å²) in [4.78, 5) is 0. The second-order valence-electron chi connectivity index (χ2n) is 5.29. The van der Waals surface area contributed by atoms with Crippen LogP contribution >= 0.6 is 15.9 Å². The van der Waals surface area contributed by atoms with Gasteiger partial charge in [0.25, 0.3) is 0 Å². The van der Waals surface area contributed by atoms with Gasteiger partial charge in [-0.15, -0.1) is 0 Å². The van der Waals surface area contributed by atoms with Crippen LogP contribution in [0.1, 0.15) is 65.2 Å². The van der Waals surface area contributed by atoms with Crippen LogP contribution in [0, 0.1) is 5.92 Å². The fourth-order valence-corrected chi connectivity index (χ4v) is 4.24. The maximum absolute atomic E-state index is 11.8. The second-order valence-corrected chi connectivity index (χ2v) is 8.31. The van der Waals surface area contributed by atoms with E-state index < -0.39 is 9.84 Å². The summed E-state index contributed by atoms with van der Waals surface area (Å²) in [6.07, 6.45) is 9.11. The van der Waals surface area contributed by atoms with Crippen LogP contribution in [0.25, 0.3) is 0 Å². The third kappa shape index (κ3) is 11.5. The molecule has 0 aliphatic heterocycles. The molecular weight excluding hydrogens is 312 g/mol. The van der Waals surface area contributed by atoms with Gasteiger partial charge in [0.1, 0.15) is 0 Å². The molecule has 1 unspecified atom stereocenters. The van der Waals surface area contributed by atoms with Gasteiger partial charge in [0.15, 0.2) is 9.84 Å². The first-order valence-corrected chi connectivity index (χ1v) is 10.2. The van der Waals surface area contributed by atoms with Crippen LogP contribution in [0.5, 0.6) is 0 Å². The number of sulfone groups is 1. The van der Waals surface area contributed by atoms with E-state index in [9.17, 15) is 8.42 Å². The van der Waals surface area contributed by atoms with Gasteiger partial charge in [-0.2, -0.15) is 0 Å². The lowest BCUT2D eigenvalue weighted by Crippen LogP contribution is -2.16. The Balaban J connectivity index is 3.47. The first-order valence-electron chi connectivity index (χ1n) is 7.28. The molecule has 0 heterocycles. The van der Waals surface area contributed by atoms with Gasteiger partial charge < -0.3 is 0 Å². The maximum atomic E-state index is 11.8. The standard InChI is InChI=1S/C14H29BrO2S/c1-3-14(2)13-18(16,17)12-10-8-6-4-5-7-9-11-15/h14H,3-13H2,1-2H3. The van der Waals surface area contributed by atoms with Gasteiger partial charge in [0, 0.05) is 5.33 Å². The van der Waals surface area contributed by atoms with Gasteiger partial charge in [-0.25, -0.2) is 8.42 Å². The van der Waals surface area contributed by atoms with Crippen molar-refractivity contribution in [3.05, 3.63) is 0 Å². The predicted octanol–water partition coefficient (Wildman–Crippen LogP) is 4.57. The van der Waals surface area contributed by atoms with Gasteiger partial charge in [-0.05, 0) is 18.8 Å². The minimum absolute atomic E-state index is 0.305. The number of halogens is 1. The highest BCUT2D eigenvalue weighted by molar-refractivity contribution is 9.09. The van der Waals surface area contributed by atoms with E-state index in [4.69, 9.17) is 0 Å². The Bertz CT molecular complexity index is 276. The molecule has 1 atom stereocenters. The summed E-state index contributed by atoms with van der Waals surface area (Å²) >= 11 is 3.42. The fourth-order valence-electron chi connectivity index (χ4n) is 1.94. The quantitative estimate of drug-likeness (QED) is 0.385. The zero-order chi connectivity index (χ0) is 13.9. The minimum atomic E-state index is -2.80. The molecule has 0 saturated carbocycles. The molecule has 0 rings (SSSR count). The molecule has 0 N–H and O–H groups in total. The zero-order valence-electron chi connectivity index (χ0n) is 12.0. The van der Waals surface area contributed by atoms with E-state index in [0.717, 1.165) is 24.6 Å². The molecule has 4 heteroatoms. The molecule has 0 aliphatic rings. The van der Waals surface area contributed by atoms with Crippen LogP contribution in [0.3, 0.4) is 0 Å². The average Bonchev–Trinajstić information content (AvgIpc) is 2.31. The first-order chi connectivity index (χ1) is 8.52. The number of hydrogen-bond acceptors (Lipinski definition) is 2. The summed E-state index contributed by atoms with van der Waals surface area (Å²) < 4.78 is 23.5. The Kier molecular flexibility index (Phi) is 11.5. The number of hydrogen-bond donors (Lipinski definition) is 0. The molecule has 0 radical (unpaired) electrons. The Hall–Kier alpha value is 0.430. The molecule has 0 aromatic heterocycles. The van der Waals surface area contributed by atoms with E-state index in [2.05, 4.69) is 15.9 Å². The molecule has 0 amide bonds. The van der Waals surface area contributed by atoms with Gasteiger partial charge in [-0.3, -0.25) is 0 Å². The van der Waals surface area contributed by atoms with Gasteiger partial charge in [0.2, 0.25) is 0 Å². The smallest absolute Gasteiger partial charge is 0.150 e. The summed E-state index contributed by atoms with van der Waals surface area (Å²) in [5, 5.41) is 1.10. The highest BCUT2D eigenvalue weighted by Crippen LogP contribution is 2.11. The highest BCUT2D eigenvalue weighted by Gasteiger charge is 2.13. The minimum Gasteiger partial charge on any atom is -0.229 e. The van der Waals surface area contributed by atoms with Crippen LogP contribution < -0.4 is 0 Å². The largest absolute Gasteiger partial charge is 0.229 e. The normalized spacial score (nSPS) is 13.7. The number of rotatable bonds is 12. The van der Waals surface area contributed by atoms with E-state index in [-0.39, 0.29) is 0 Å². The Morgan fingerprint density at radius 3 is 1.94 bits per heavy atom. The van der Waals surface area contributed by atoms with E-state index in [1.54, 1.807) is 0 Å². The third-order valence-electron chi connectivity index (χ3n) is 3.32. The molecule has 0 aliphatic carbocycles. The summed E-state index contributed by atoms with van der Waals surface area (Å²) in [5.41, 5.74) is 0. The Labute approximate surface area is 122 Å². The van der Waals surface area contributed by atoms with Crippen molar-refractivity contribution in [2.75, 3.05) is 16.8 Å². The van der Waals surface area contributed by atoms with Crippen molar-refractivity contribution < 1.29 is 8.42 Å². The maximum Gasteiger partial charge on any atom is 0.150 e. The Morgan fingerprint density at radius 2 is 1.44 bits per heavy atom. The van der Waals surface area contributed by atoms with Crippen molar-refractivity contribution in [2.45, 2.75) is 65.2 Å². The summed E-state index contributed by atoms with van der Waals surface area (Å²) in [6, 6.07) is 0. The molecular formula is C14H29BrO2S. The molecule has 0 bridgehead atoms. The second kappa shape index (κ2) is 11.3. The monoisotopic (exact) mass is 340 g/mol. The van der Waals surface area contributed by atoms with E-state index in [0.29, 0.717) is 17.4 Å². The van der Waals surface area contributed by atoms with Crippen molar-refractivity contribution in [1.29, 1.82) is 0 Å². The average molecular weight is 341 g/mol. The van der Waals surface area contributed by atoms with Crippen LogP contribution in [0.4, 0.5) is 0 Å². The van der Waals surface area contributed by atoms with Crippen LogP contribution in [0.15, 0.2) is 0 Å². The van der Waals surface area contributed by atoms with Crippen LogP contribution in [0.2, 0.25) is 0 Å². The molecule has 0 spiro atoms. The highest BCUT2D eigenvalue weighted by atomic mass is 79.9. The van der Waals surface area contributed by atoms with Crippen molar-refractivity contribution >= 4 is 25.8 Å². The number of alkyl halides is 1. The molecule has 2 nitrogen and oxygen atoms in total. The van der Waals surface area contributed by atoms with Crippen LogP contribution in [-0.2, 0) is 9.84 Å². The molecule has 18 heavy (non-hydrogen) atoms. The summed E-state index contributed by atoms with van der Waals surface area (Å²) in [6.45, 7) is 4.06. The summed E-state index contributed by atoms with van der Waals surface area (Å²) in [5.74, 6) is 1.06. The van der Waals surface area contributed by atoms with Gasteiger partial charge in [-0.1, -0.05) is 68.3 Å². The predicted molar refractivity (Wildman–Crippen MR) is 84.2 cm³/mol. The van der Waals surface area contributed by atoms with Crippen molar-refractivity contribution in [3.63, 3.8) is 0 Å². The number of unbranched alkanes of at least 4 members (excludes halogenated alkanes) is 6. The van der Waals surface area contributed by atoms with Gasteiger partial charge in [0.05, 0.1) is 11.5 Å². The van der Waals surface area contributed by atoms with E-state index in [1.165, 1.54) is 32.1 Å². The molecule has 0 saturated heterocycles. The molecule has 0 aromatic carbocycles. The van der Waals surface area contributed by atoms with Gasteiger partial charge >= 0.3 is 0 Å². The lowest BCUT2D eigenvalue weighted by Gasteiger charge is -2.09. The lowest BCUT2D eigenvalue weighted by molar-refractivity contribution is 0.556. The first kappa shape index (κ1) is 18.4. The molecule has 0 fully saturated rings. The lowest BCUT2D eigenvalue weighted by atomic mass is 10.1. The summed E-state index contributed by atoms with van der Waals surface area (Å²) in [7, 11) is -2.80. The fraction of sp³-hybridized carbons (Fsp3) is 1.00. The Morgan fingerprint density at radius 1 is 0.944 bits per heavy atom. The van der Waals surface area contributed by atoms with Crippen LogP contribution in [-0.4, -0.2) is 25.3 Å². The van der Waals surface area contributed by atoms with E-state index >= 15 is 0 Å². The SMILES string of the molecule is CCC(C)CS(=O)(=O)CCCCCCCCCBr. The van der Waals surface area contributed by atoms with Crippen molar-refractivity contribution in [2.24, 2.45) is 5.92 Å². The molecule has 110 valence electrons. The van der Waals surface area contributed by atoms with Crippen molar-refractivity contribution in [3.8, 4) is 0 Å². The zero-order valence-corrected chi connectivity index (χ0v) is 14.4. The van der Waals surface area contributed by atoms with E-state index in [1.807, 2.05) is 13.8 Å². The third-order valence-corrected chi connectivity index (χ3v) is 5.87. The molecule has 0 aromatic rings. The topological polar surface area (TPSA) is 34.1 Å². The van der Waals surface area contributed by atoms with Crippen molar-refractivity contribution in [1.82, 2.24) is 0 Å².